The van der Waals surface area contributed by atoms with E-state index in [2.05, 4.69) is 10.5 Å². The number of hydrogen-bond donors (Lipinski definition) is 1. The average Bonchev–Trinajstić information content (AvgIpc) is 3.05. The highest BCUT2D eigenvalue weighted by Crippen LogP contribution is 2.39. The highest BCUT2D eigenvalue weighted by molar-refractivity contribution is 7.99. The fourth-order valence-corrected chi connectivity index (χ4v) is 5.39. The van der Waals surface area contributed by atoms with Crippen LogP contribution in [0.2, 0.25) is 0 Å². The lowest BCUT2D eigenvalue weighted by molar-refractivity contribution is 0.158. The molecule has 2 aliphatic heterocycles. The van der Waals surface area contributed by atoms with Crippen molar-refractivity contribution in [3.63, 3.8) is 0 Å². The number of rotatable bonds is 2. The molecule has 1 aliphatic carbocycles. The van der Waals surface area contributed by atoms with E-state index in [9.17, 15) is 0 Å². The van der Waals surface area contributed by atoms with E-state index in [1.807, 2.05) is 11.8 Å². The first kappa shape index (κ1) is 14.1. The van der Waals surface area contributed by atoms with Gasteiger partial charge in [0.15, 0.2) is 5.82 Å². The molecule has 1 saturated carbocycles. The molecule has 2 saturated heterocycles. The average molecular weight is 307 g/mol. The Morgan fingerprint density at radius 2 is 1.90 bits per heavy atom. The van der Waals surface area contributed by atoms with Crippen LogP contribution in [0.25, 0.3) is 0 Å². The molecule has 3 fully saturated rings. The van der Waals surface area contributed by atoms with E-state index in [1.54, 1.807) is 0 Å². The number of nitrogens with one attached hydrogen (secondary N) is 1. The van der Waals surface area contributed by atoms with E-state index in [1.165, 1.54) is 57.1 Å². The zero-order chi connectivity index (χ0) is 14.1. The van der Waals surface area contributed by atoms with Crippen molar-refractivity contribution in [3.8, 4) is 0 Å². The molecule has 116 valence electrons. The van der Waals surface area contributed by atoms with Gasteiger partial charge in [-0.25, -0.2) is 0 Å². The third kappa shape index (κ3) is 3.00. The molecule has 4 rings (SSSR count). The lowest BCUT2D eigenvalue weighted by Gasteiger charge is -2.39. The number of thioether (sulfide) groups is 1. The zero-order valence-electron chi connectivity index (χ0n) is 12.6. The molecule has 0 radical (unpaired) electrons. The van der Waals surface area contributed by atoms with Gasteiger partial charge in [0, 0.05) is 6.04 Å². The van der Waals surface area contributed by atoms with Crippen LogP contribution in [0.1, 0.15) is 80.8 Å². The van der Waals surface area contributed by atoms with E-state index in [-0.39, 0.29) is 0 Å². The molecule has 1 aromatic rings. The maximum Gasteiger partial charge on any atom is 0.243 e. The summed E-state index contributed by atoms with van der Waals surface area (Å²) in [5, 5.41) is 8.52. The summed E-state index contributed by atoms with van der Waals surface area (Å²) < 4.78 is 5.60. The normalized spacial score (nSPS) is 37.1. The molecule has 0 amide bonds. The quantitative estimate of drug-likeness (QED) is 0.894. The number of fused-ring (bicyclic) bond motifs is 1. The highest BCUT2D eigenvalue weighted by Gasteiger charge is 2.34. The molecule has 0 bridgehead atoms. The van der Waals surface area contributed by atoms with E-state index in [4.69, 9.17) is 9.51 Å². The lowest BCUT2D eigenvalue weighted by atomic mass is 9.78. The van der Waals surface area contributed by atoms with Crippen LogP contribution in [-0.2, 0) is 0 Å². The molecule has 5 heteroatoms. The third-order valence-corrected chi connectivity index (χ3v) is 6.75. The topological polar surface area (TPSA) is 51.0 Å². The van der Waals surface area contributed by atoms with Crippen LogP contribution >= 0.6 is 11.8 Å². The van der Waals surface area contributed by atoms with Gasteiger partial charge in [0.1, 0.15) is 0 Å². The second kappa shape index (κ2) is 6.29. The first-order chi connectivity index (χ1) is 10.4. The van der Waals surface area contributed by atoms with Crippen molar-refractivity contribution in [3.05, 3.63) is 11.7 Å². The van der Waals surface area contributed by atoms with Gasteiger partial charge in [-0.3, -0.25) is 0 Å². The van der Waals surface area contributed by atoms with E-state index >= 15 is 0 Å². The molecule has 1 aromatic heterocycles. The Kier molecular flexibility index (Phi) is 4.21. The van der Waals surface area contributed by atoms with Gasteiger partial charge in [-0.05, 0) is 50.2 Å². The lowest BCUT2D eigenvalue weighted by Crippen LogP contribution is -2.44. The smallest absolute Gasteiger partial charge is 0.243 e. The molecule has 4 nitrogen and oxygen atoms in total. The highest BCUT2D eigenvalue weighted by atomic mass is 32.2. The molecule has 0 aromatic carbocycles. The van der Waals surface area contributed by atoms with Gasteiger partial charge in [0.25, 0.3) is 0 Å². The fraction of sp³-hybridized carbons (Fsp3) is 0.875. The molecule has 3 heterocycles. The standard InChI is InChI=1S/C16H25N3OS/c1-2-6-12-11(5-1)8-9-13(17-12)16-18-15(19-20-16)14-7-3-4-10-21-14/h11-14,17H,1-10H2. The number of aromatic nitrogens is 2. The van der Waals surface area contributed by atoms with Gasteiger partial charge in [-0.1, -0.05) is 24.4 Å². The summed E-state index contributed by atoms with van der Waals surface area (Å²) in [5.41, 5.74) is 0. The fourth-order valence-electron chi connectivity index (χ4n) is 4.15. The van der Waals surface area contributed by atoms with Crippen molar-refractivity contribution in [2.75, 3.05) is 5.75 Å². The predicted molar refractivity (Wildman–Crippen MR) is 84.2 cm³/mol. The van der Waals surface area contributed by atoms with Crippen molar-refractivity contribution in [2.24, 2.45) is 5.92 Å². The summed E-state index contributed by atoms with van der Waals surface area (Å²) in [4.78, 5) is 4.73. The van der Waals surface area contributed by atoms with Crippen LogP contribution in [0.5, 0.6) is 0 Å². The number of nitrogens with zero attached hydrogens (tertiary/aromatic N) is 2. The SMILES string of the molecule is C1CCC(c2noc(C3CCC4CCCCC4N3)n2)SC1. The minimum absolute atomic E-state index is 0.291. The summed E-state index contributed by atoms with van der Waals surface area (Å²) in [5.74, 6) is 3.88. The summed E-state index contributed by atoms with van der Waals surface area (Å²) >= 11 is 1.99. The van der Waals surface area contributed by atoms with Gasteiger partial charge in [-0.15, -0.1) is 0 Å². The van der Waals surface area contributed by atoms with Crippen LogP contribution in [0, 0.1) is 5.92 Å². The monoisotopic (exact) mass is 307 g/mol. The number of hydrogen-bond acceptors (Lipinski definition) is 5. The molecule has 0 spiro atoms. The van der Waals surface area contributed by atoms with Crippen LogP contribution in [0.4, 0.5) is 0 Å². The van der Waals surface area contributed by atoms with Crippen molar-refractivity contribution >= 4 is 11.8 Å². The van der Waals surface area contributed by atoms with Crippen molar-refractivity contribution in [1.82, 2.24) is 15.5 Å². The van der Waals surface area contributed by atoms with Crippen LogP contribution in [0.15, 0.2) is 4.52 Å². The molecule has 1 N–H and O–H groups in total. The minimum Gasteiger partial charge on any atom is -0.338 e. The first-order valence-corrected chi connectivity index (χ1v) is 9.66. The molecule has 3 aliphatic rings. The Labute approximate surface area is 130 Å². The second-order valence-electron chi connectivity index (χ2n) is 6.79. The van der Waals surface area contributed by atoms with Gasteiger partial charge >= 0.3 is 0 Å². The maximum absolute atomic E-state index is 5.60. The van der Waals surface area contributed by atoms with Crippen LogP contribution in [0.3, 0.4) is 0 Å². The van der Waals surface area contributed by atoms with Crippen molar-refractivity contribution in [1.29, 1.82) is 0 Å². The maximum atomic E-state index is 5.60. The molecular formula is C16H25N3OS. The Bertz CT molecular complexity index is 472. The Balaban J connectivity index is 1.43. The molecule has 21 heavy (non-hydrogen) atoms. The van der Waals surface area contributed by atoms with Crippen molar-refractivity contribution < 1.29 is 4.52 Å². The Morgan fingerprint density at radius 1 is 1.00 bits per heavy atom. The summed E-state index contributed by atoms with van der Waals surface area (Å²) in [7, 11) is 0. The number of piperidine rings is 1. The van der Waals surface area contributed by atoms with Gasteiger partial charge in [0.05, 0.1) is 11.3 Å². The zero-order valence-corrected chi connectivity index (χ0v) is 13.4. The Morgan fingerprint density at radius 3 is 2.81 bits per heavy atom. The largest absolute Gasteiger partial charge is 0.338 e. The molecule has 4 unspecified atom stereocenters. The Hall–Kier alpha value is -0.550. The summed E-state index contributed by atoms with van der Waals surface area (Å²) in [6.45, 7) is 0. The van der Waals surface area contributed by atoms with Gasteiger partial charge < -0.3 is 9.84 Å². The van der Waals surface area contributed by atoms with Gasteiger partial charge in [0.2, 0.25) is 5.89 Å². The summed E-state index contributed by atoms with van der Waals surface area (Å²) in [6, 6.07) is 0.969. The minimum atomic E-state index is 0.291. The van der Waals surface area contributed by atoms with Crippen LogP contribution in [-0.4, -0.2) is 21.9 Å². The first-order valence-electron chi connectivity index (χ1n) is 8.61. The van der Waals surface area contributed by atoms with E-state index < -0.39 is 0 Å². The van der Waals surface area contributed by atoms with Gasteiger partial charge in [-0.2, -0.15) is 16.7 Å². The molecular weight excluding hydrogens is 282 g/mol. The van der Waals surface area contributed by atoms with E-state index in [0.717, 1.165) is 24.1 Å². The molecule has 4 atom stereocenters. The summed E-state index contributed by atoms with van der Waals surface area (Å²) in [6.07, 6.45) is 11.8. The van der Waals surface area contributed by atoms with Crippen LogP contribution < -0.4 is 5.32 Å². The van der Waals surface area contributed by atoms with Crippen molar-refractivity contribution in [2.45, 2.75) is 75.1 Å². The van der Waals surface area contributed by atoms with E-state index in [0.29, 0.717) is 17.3 Å². The predicted octanol–water partition coefficient (Wildman–Crippen LogP) is 4.01. The third-order valence-electron chi connectivity index (χ3n) is 5.37. The second-order valence-corrected chi connectivity index (χ2v) is 8.10.